The first-order valence-corrected chi connectivity index (χ1v) is 12.5. The second-order valence-electron chi connectivity index (χ2n) is 11.4. The first-order chi connectivity index (χ1) is 14.9. The fourth-order valence-electron chi connectivity index (χ4n) is 6.03. The molecule has 0 aromatic heterocycles. The van der Waals surface area contributed by atoms with Gasteiger partial charge in [0.2, 0.25) is 0 Å². The van der Waals surface area contributed by atoms with Gasteiger partial charge in [0.1, 0.15) is 0 Å². The van der Waals surface area contributed by atoms with Crippen molar-refractivity contribution in [3.05, 3.63) is 0 Å². The van der Waals surface area contributed by atoms with E-state index in [9.17, 15) is 20.6 Å². The van der Waals surface area contributed by atoms with Gasteiger partial charge in [-0.05, 0) is 53.4 Å². The number of methoxy groups -OCH3 is 2. The Labute approximate surface area is 264 Å². The zero-order valence-electron chi connectivity index (χ0n) is 24.2. The number of hydroxylamine groups is 4. The third-order valence-electron chi connectivity index (χ3n) is 9.10. The van der Waals surface area contributed by atoms with Gasteiger partial charge < -0.3 is 30.1 Å². The molecule has 0 aromatic carbocycles. The molecule has 0 amide bonds. The van der Waals surface area contributed by atoms with Gasteiger partial charge in [-0.1, -0.05) is 34.6 Å². The van der Waals surface area contributed by atoms with Gasteiger partial charge >= 0.3 is 0 Å². The van der Waals surface area contributed by atoms with Gasteiger partial charge in [-0.15, -0.1) is 0 Å². The van der Waals surface area contributed by atoms with Crippen LogP contribution in [0.3, 0.4) is 0 Å². The summed E-state index contributed by atoms with van der Waals surface area (Å²) < 4.78 is 10.6. The molecule has 0 bridgehead atoms. The summed E-state index contributed by atoms with van der Waals surface area (Å²) in [5.41, 5.74) is -1.81. The van der Waals surface area contributed by atoms with E-state index >= 15 is 0 Å². The van der Waals surface area contributed by atoms with E-state index < -0.39 is 33.7 Å². The van der Waals surface area contributed by atoms with Crippen molar-refractivity contribution in [3.8, 4) is 0 Å². The third kappa shape index (κ3) is 7.55. The predicted molar refractivity (Wildman–Crippen MR) is 129 cm³/mol. The Morgan fingerprint density at radius 2 is 1.23 bits per heavy atom. The number of hydrogen-bond donors (Lipinski definition) is 4. The van der Waals surface area contributed by atoms with Crippen LogP contribution in [0.25, 0.3) is 0 Å². The molecule has 35 heavy (non-hydrogen) atoms. The summed E-state index contributed by atoms with van der Waals surface area (Å²) in [7, 11) is 3.06. The first-order valence-electron chi connectivity index (χ1n) is 12.5. The fraction of sp³-hybridized carbons (Fsp3) is 1.00. The number of hydrogen-bond acceptors (Lipinski definition) is 8. The molecular weight excluding hydrogens is 602 g/mol. The topological polar surface area (TPSA) is 106 Å². The standard InChI is InChI=1S/C13H27NO3.C12H25NO3.2Y/c1-7-11(4)9-13(15,17-6)10(3)12(5,8-2)14(11)16;1-6-11(7-2)9-12(14,16-5)8-10(3,4)13(11)15;;/h10,15-16H,7-9H2,1-6H3;14-15H,6-9H2,1-5H3;;. The Kier molecular flexibility index (Phi) is 15.6. The molecule has 2 aliphatic heterocycles. The SMILES string of the molecule is CCC1(C)CC(O)(OC)C(C)C(C)(CC)N1O.CCC1(CC)CC(O)(OC)CC(C)(C)N1O.[Y].[Y]. The Bertz CT molecular complexity index is 629. The maximum absolute atomic E-state index is 10.6. The van der Waals surface area contributed by atoms with Crippen LogP contribution in [0.15, 0.2) is 0 Å². The number of piperidine rings is 2. The average Bonchev–Trinajstić information content (AvgIpc) is 2.79. The molecule has 0 aliphatic carbocycles. The molecule has 2 radical (unpaired) electrons. The monoisotopic (exact) mass is 654 g/mol. The molecule has 0 aromatic rings. The predicted octanol–water partition coefficient (Wildman–Crippen LogP) is 4.53. The van der Waals surface area contributed by atoms with Gasteiger partial charge in [-0.3, -0.25) is 0 Å². The number of rotatable bonds is 6. The summed E-state index contributed by atoms with van der Waals surface area (Å²) in [5.74, 6) is -2.46. The van der Waals surface area contributed by atoms with Crippen LogP contribution in [0.4, 0.5) is 0 Å². The Morgan fingerprint density at radius 3 is 1.57 bits per heavy atom. The van der Waals surface area contributed by atoms with Crippen LogP contribution in [0.5, 0.6) is 0 Å². The maximum atomic E-state index is 10.6. The summed E-state index contributed by atoms with van der Waals surface area (Å²) in [6, 6.07) is 0. The molecule has 2 heterocycles. The van der Waals surface area contributed by atoms with Crippen molar-refractivity contribution in [2.24, 2.45) is 5.92 Å². The first kappa shape index (κ1) is 39.0. The number of aliphatic hydroxyl groups is 2. The van der Waals surface area contributed by atoms with E-state index in [-0.39, 0.29) is 71.3 Å². The van der Waals surface area contributed by atoms with Crippen LogP contribution in [-0.2, 0) is 74.9 Å². The summed E-state index contributed by atoms with van der Waals surface area (Å²) in [5, 5.41) is 44.7. The van der Waals surface area contributed by atoms with Crippen LogP contribution in [-0.4, -0.2) is 78.7 Å². The maximum Gasteiger partial charge on any atom is 0.171 e. The molecular formula is C25H52N2O6Y2. The van der Waals surface area contributed by atoms with Crippen LogP contribution in [0.2, 0.25) is 0 Å². The van der Waals surface area contributed by atoms with Gasteiger partial charge in [-0.2, -0.15) is 10.1 Å². The zero-order chi connectivity index (χ0) is 26.1. The third-order valence-corrected chi connectivity index (χ3v) is 9.10. The molecule has 2 rings (SSSR count). The van der Waals surface area contributed by atoms with Crippen LogP contribution < -0.4 is 0 Å². The van der Waals surface area contributed by atoms with E-state index in [1.807, 2.05) is 62.3 Å². The molecule has 2 fully saturated rings. The minimum atomic E-state index is -1.17. The molecule has 2 aliphatic rings. The quantitative estimate of drug-likeness (QED) is 0.310. The average molecular weight is 655 g/mol. The van der Waals surface area contributed by atoms with Crippen molar-refractivity contribution in [2.45, 2.75) is 141 Å². The Hall–Kier alpha value is 1.89. The second kappa shape index (κ2) is 14.0. The van der Waals surface area contributed by atoms with Crippen molar-refractivity contribution < 1.29 is 95.5 Å². The van der Waals surface area contributed by atoms with Crippen LogP contribution in [0.1, 0.15) is 107 Å². The van der Waals surface area contributed by atoms with Crippen molar-refractivity contribution in [3.63, 3.8) is 0 Å². The van der Waals surface area contributed by atoms with Gasteiger partial charge in [-0.25, -0.2) is 0 Å². The molecule has 2 saturated heterocycles. The molecule has 0 spiro atoms. The zero-order valence-corrected chi connectivity index (χ0v) is 29.9. The van der Waals surface area contributed by atoms with Gasteiger partial charge in [0.25, 0.3) is 0 Å². The summed E-state index contributed by atoms with van der Waals surface area (Å²) >= 11 is 0. The molecule has 204 valence electrons. The summed E-state index contributed by atoms with van der Waals surface area (Å²) in [6.07, 6.45) is 4.37. The van der Waals surface area contributed by atoms with E-state index in [0.29, 0.717) is 19.3 Å². The van der Waals surface area contributed by atoms with Crippen molar-refractivity contribution in [1.29, 1.82) is 0 Å². The van der Waals surface area contributed by atoms with Gasteiger partial charge in [0, 0.05) is 116 Å². The molecule has 4 N–H and O–H groups in total. The number of ether oxygens (including phenoxy) is 2. The van der Waals surface area contributed by atoms with Gasteiger partial charge in [0.05, 0.1) is 11.1 Å². The van der Waals surface area contributed by atoms with Crippen molar-refractivity contribution >= 4 is 0 Å². The molecule has 10 heteroatoms. The molecule has 5 unspecified atom stereocenters. The summed E-state index contributed by atoms with van der Waals surface area (Å²) in [4.78, 5) is 0. The van der Waals surface area contributed by atoms with Crippen LogP contribution >= 0.6 is 0 Å². The molecule has 0 saturated carbocycles. The molecule has 8 nitrogen and oxygen atoms in total. The summed E-state index contributed by atoms with van der Waals surface area (Å²) in [6.45, 7) is 17.8. The Morgan fingerprint density at radius 1 is 0.743 bits per heavy atom. The number of nitrogens with zero attached hydrogens (tertiary/aromatic N) is 2. The largest absolute Gasteiger partial charge is 0.365 e. The Balaban J connectivity index is 0. The van der Waals surface area contributed by atoms with Gasteiger partial charge in [0.15, 0.2) is 11.6 Å². The van der Waals surface area contributed by atoms with Crippen LogP contribution in [0, 0.1) is 5.92 Å². The fourth-order valence-corrected chi connectivity index (χ4v) is 6.03. The second-order valence-corrected chi connectivity index (χ2v) is 11.4. The minimum absolute atomic E-state index is 0. The smallest absolute Gasteiger partial charge is 0.171 e. The minimum Gasteiger partial charge on any atom is -0.365 e. The van der Waals surface area contributed by atoms with E-state index in [4.69, 9.17) is 9.47 Å². The van der Waals surface area contributed by atoms with E-state index in [1.54, 1.807) is 0 Å². The molecule has 5 atom stereocenters. The van der Waals surface area contributed by atoms with Crippen molar-refractivity contribution in [1.82, 2.24) is 10.1 Å². The van der Waals surface area contributed by atoms with E-state index in [2.05, 4.69) is 0 Å². The van der Waals surface area contributed by atoms with E-state index in [1.165, 1.54) is 24.3 Å². The van der Waals surface area contributed by atoms with Crippen molar-refractivity contribution in [2.75, 3.05) is 14.2 Å². The normalized spacial score (nSPS) is 39.0. The van der Waals surface area contributed by atoms with E-state index in [0.717, 1.165) is 25.7 Å².